The third kappa shape index (κ3) is 2.48. The molecule has 0 saturated carbocycles. The number of anilines is 2. The molecule has 78 valence electrons. The summed E-state index contributed by atoms with van der Waals surface area (Å²) in [6, 6.07) is 0. The summed E-state index contributed by atoms with van der Waals surface area (Å²) in [7, 11) is 0. The molecule has 5 heteroatoms. The van der Waals surface area contributed by atoms with Crippen molar-refractivity contribution in [1.29, 1.82) is 0 Å². The number of nitrogens with two attached hydrogens (primary N) is 1. The first-order valence-electron chi connectivity index (χ1n) is 4.72. The van der Waals surface area contributed by atoms with E-state index in [2.05, 4.69) is 28.7 Å². The minimum Gasteiger partial charge on any atom is -0.394 e. The number of nitrogens with zero attached hydrogens (tertiary/aromatic N) is 3. The second-order valence-electron chi connectivity index (χ2n) is 3.00. The molecule has 1 aromatic heterocycles. The average molecular weight is 215 g/mol. The maximum Gasteiger partial charge on any atom is 0.224 e. The van der Waals surface area contributed by atoms with E-state index in [4.69, 9.17) is 17.3 Å². The zero-order chi connectivity index (χ0) is 10.6. The van der Waals surface area contributed by atoms with E-state index in [1.54, 1.807) is 6.20 Å². The molecule has 14 heavy (non-hydrogen) atoms. The van der Waals surface area contributed by atoms with Crippen LogP contribution in [0.4, 0.5) is 11.5 Å². The van der Waals surface area contributed by atoms with E-state index in [1.807, 2.05) is 0 Å². The van der Waals surface area contributed by atoms with Gasteiger partial charge in [-0.15, -0.1) is 0 Å². The lowest BCUT2D eigenvalue weighted by Crippen LogP contribution is -2.25. The summed E-state index contributed by atoms with van der Waals surface area (Å²) in [4.78, 5) is 10.0. The molecule has 1 aromatic rings. The molecule has 0 aliphatic rings. The minimum absolute atomic E-state index is 0.240. The van der Waals surface area contributed by atoms with Crippen molar-refractivity contribution in [2.45, 2.75) is 20.3 Å². The van der Waals surface area contributed by atoms with E-state index in [9.17, 15) is 0 Å². The van der Waals surface area contributed by atoms with Crippen LogP contribution in [0.2, 0.25) is 5.28 Å². The zero-order valence-electron chi connectivity index (χ0n) is 8.50. The highest BCUT2D eigenvalue weighted by Crippen LogP contribution is 2.20. The molecule has 0 unspecified atom stereocenters. The second kappa shape index (κ2) is 5.00. The Morgan fingerprint density at radius 1 is 1.50 bits per heavy atom. The van der Waals surface area contributed by atoms with Gasteiger partial charge in [0, 0.05) is 13.1 Å². The highest BCUT2D eigenvalue weighted by molar-refractivity contribution is 6.28. The van der Waals surface area contributed by atoms with Crippen molar-refractivity contribution in [2.24, 2.45) is 0 Å². The fourth-order valence-electron chi connectivity index (χ4n) is 1.30. The van der Waals surface area contributed by atoms with Crippen LogP contribution in [0, 0.1) is 0 Å². The molecule has 0 bridgehead atoms. The first-order chi connectivity index (χ1) is 6.69. The molecule has 0 atom stereocenters. The fraction of sp³-hybridized carbons (Fsp3) is 0.556. The van der Waals surface area contributed by atoms with Crippen molar-refractivity contribution in [3.63, 3.8) is 0 Å². The topological polar surface area (TPSA) is 55.0 Å². The zero-order valence-corrected chi connectivity index (χ0v) is 9.25. The van der Waals surface area contributed by atoms with Crippen molar-refractivity contribution in [2.75, 3.05) is 23.7 Å². The lowest BCUT2D eigenvalue weighted by molar-refractivity contribution is 0.778. The van der Waals surface area contributed by atoms with Gasteiger partial charge in [-0.25, -0.2) is 4.98 Å². The predicted molar refractivity (Wildman–Crippen MR) is 59.6 cm³/mol. The van der Waals surface area contributed by atoms with Gasteiger partial charge in [-0.1, -0.05) is 6.92 Å². The molecule has 2 N–H and O–H groups in total. The van der Waals surface area contributed by atoms with Gasteiger partial charge in [-0.05, 0) is 24.9 Å². The Balaban J connectivity index is 2.96. The van der Waals surface area contributed by atoms with Crippen molar-refractivity contribution < 1.29 is 0 Å². The van der Waals surface area contributed by atoms with Gasteiger partial charge in [0.25, 0.3) is 0 Å². The van der Waals surface area contributed by atoms with Gasteiger partial charge in [0.15, 0.2) is 5.82 Å². The minimum atomic E-state index is 0.240. The summed E-state index contributed by atoms with van der Waals surface area (Å²) in [6.07, 6.45) is 2.60. The Kier molecular flexibility index (Phi) is 3.95. The highest BCUT2D eigenvalue weighted by Gasteiger charge is 2.09. The van der Waals surface area contributed by atoms with Crippen molar-refractivity contribution in [3.8, 4) is 0 Å². The molecule has 4 nitrogen and oxygen atoms in total. The number of hydrogen-bond donors (Lipinski definition) is 1. The van der Waals surface area contributed by atoms with Crippen molar-refractivity contribution in [1.82, 2.24) is 9.97 Å². The molecule has 0 aliphatic heterocycles. The summed E-state index contributed by atoms with van der Waals surface area (Å²) < 4.78 is 0. The Bertz CT molecular complexity index is 303. The molecular weight excluding hydrogens is 200 g/mol. The maximum atomic E-state index is 5.77. The van der Waals surface area contributed by atoms with Crippen molar-refractivity contribution >= 4 is 23.1 Å². The van der Waals surface area contributed by atoms with Gasteiger partial charge < -0.3 is 10.6 Å². The van der Waals surface area contributed by atoms with E-state index in [-0.39, 0.29) is 5.28 Å². The molecular formula is C9H15ClN4. The van der Waals surface area contributed by atoms with Gasteiger partial charge in [0.05, 0.1) is 11.9 Å². The van der Waals surface area contributed by atoms with E-state index >= 15 is 0 Å². The summed E-state index contributed by atoms with van der Waals surface area (Å²) in [6.45, 7) is 5.96. The monoisotopic (exact) mass is 214 g/mol. The quantitative estimate of drug-likeness (QED) is 0.779. The maximum absolute atomic E-state index is 5.77. The molecule has 1 heterocycles. The first kappa shape index (κ1) is 11.0. The van der Waals surface area contributed by atoms with E-state index < -0.39 is 0 Å². The number of hydrogen-bond acceptors (Lipinski definition) is 4. The Morgan fingerprint density at radius 2 is 2.21 bits per heavy atom. The third-order valence-corrected chi connectivity index (χ3v) is 2.12. The van der Waals surface area contributed by atoms with Crippen LogP contribution in [-0.2, 0) is 0 Å². The Labute approximate surface area is 89.1 Å². The SMILES string of the molecule is CCCN(CC)c1nc(Cl)ncc1N. The predicted octanol–water partition coefficient (Wildman–Crippen LogP) is 1.95. The first-order valence-corrected chi connectivity index (χ1v) is 5.09. The van der Waals surface area contributed by atoms with Crippen LogP contribution < -0.4 is 10.6 Å². The van der Waals surface area contributed by atoms with E-state index in [0.29, 0.717) is 5.69 Å². The summed E-state index contributed by atoms with van der Waals surface area (Å²) in [5.41, 5.74) is 6.34. The normalized spacial score (nSPS) is 10.2. The van der Waals surface area contributed by atoms with Crippen LogP contribution in [0.3, 0.4) is 0 Å². The lowest BCUT2D eigenvalue weighted by Gasteiger charge is -2.22. The van der Waals surface area contributed by atoms with E-state index in [0.717, 1.165) is 25.3 Å². The number of halogens is 1. The van der Waals surface area contributed by atoms with Crippen LogP contribution >= 0.6 is 11.6 Å². The number of nitrogen functional groups attached to an aromatic ring is 1. The van der Waals surface area contributed by atoms with E-state index in [1.165, 1.54) is 0 Å². The number of aromatic nitrogens is 2. The number of rotatable bonds is 4. The second-order valence-corrected chi connectivity index (χ2v) is 3.34. The third-order valence-electron chi connectivity index (χ3n) is 1.94. The van der Waals surface area contributed by atoms with Gasteiger partial charge in [-0.2, -0.15) is 4.98 Å². The summed E-state index contributed by atoms with van der Waals surface area (Å²) >= 11 is 5.71. The average Bonchev–Trinajstić information content (AvgIpc) is 2.18. The molecule has 0 aromatic carbocycles. The Morgan fingerprint density at radius 3 is 2.79 bits per heavy atom. The van der Waals surface area contributed by atoms with Crippen molar-refractivity contribution in [3.05, 3.63) is 11.5 Å². The molecule has 0 fully saturated rings. The molecule has 0 radical (unpaired) electrons. The molecule has 0 saturated heterocycles. The summed E-state index contributed by atoms with van der Waals surface area (Å²) in [5, 5.41) is 0.240. The standard InChI is InChI=1S/C9H15ClN4/c1-3-5-14(4-2)8-7(11)6-12-9(10)13-8/h6H,3-5,11H2,1-2H3. The molecule has 1 rings (SSSR count). The van der Waals surface area contributed by atoms with Crippen LogP contribution in [0.1, 0.15) is 20.3 Å². The van der Waals surface area contributed by atoms with Gasteiger partial charge in [-0.3, -0.25) is 0 Å². The Hall–Kier alpha value is -1.03. The highest BCUT2D eigenvalue weighted by atomic mass is 35.5. The smallest absolute Gasteiger partial charge is 0.224 e. The molecule has 0 spiro atoms. The van der Waals surface area contributed by atoms with Gasteiger partial charge in [0.1, 0.15) is 0 Å². The fourth-order valence-corrected chi connectivity index (χ4v) is 1.43. The molecule has 0 aliphatic carbocycles. The summed E-state index contributed by atoms with van der Waals surface area (Å²) in [5.74, 6) is 0.731. The van der Waals surface area contributed by atoms with Gasteiger partial charge >= 0.3 is 0 Å². The largest absolute Gasteiger partial charge is 0.394 e. The van der Waals surface area contributed by atoms with Crippen LogP contribution in [0.15, 0.2) is 6.20 Å². The van der Waals surface area contributed by atoms with Crippen LogP contribution in [0.25, 0.3) is 0 Å². The van der Waals surface area contributed by atoms with Crippen LogP contribution in [-0.4, -0.2) is 23.1 Å². The molecule has 0 amide bonds. The van der Waals surface area contributed by atoms with Crippen LogP contribution in [0.5, 0.6) is 0 Å². The van der Waals surface area contributed by atoms with Gasteiger partial charge in [0.2, 0.25) is 5.28 Å². The lowest BCUT2D eigenvalue weighted by atomic mass is 10.3.